The molecular weight excluding hydrogens is 342 g/mol. The lowest BCUT2D eigenvalue weighted by Crippen LogP contribution is -1.86. The fourth-order valence-corrected chi connectivity index (χ4v) is 2.66. The first-order chi connectivity index (χ1) is 10.7. The second kappa shape index (κ2) is 6.20. The smallest absolute Gasteiger partial charge is 0.161 e. The number of fused-ring (bicyclic) bond motifs is 1. The lowest BCUT2D eigenvalue weighted by atomic mass is 10.1. The Hall–Kier alpha value is -2.33. The zero-order valence-electron chi connectivity index (χ0n) is 12.0. The van der Waals surface area contributed by atoms with Crippen LogP contribution in [0.15, 0.2) is 53.0 Å². The standard InChI is InChI=1S/C18H14BrNO2/c1-22-18-11-15(19)13(10-17(18)21)7-9-14-8-6-12-4-2-3-5-16(12)20-14/h2-11,21H,1H3/b9-7+. The SMILES string of the molecule is COc1cc(Br)c(/C=C/c2ccc3ccccc3n2)cc1O. The van der Waals surface area contributed by atoms with Gasteiger partial charge in [0.2, 0.25) is 0 Å². The number of benzene rings is 2. The number of para-hydroxylation sites is 1. The highest BCUT2D eigenvalue weighted by Gasteiger charge is 2.06. The lowest BCUT2D eigenvalue weighted by molar-refractivity contribution is 0.373. The molecular formula is C18H14BrNO2. The Labute approximate surface area is 137 Å². The summed E-state index contributed by atoms with van der Waals surface area (Å²) in [5.41, 5.74) is 2.68. The number of ether oxygens (including phenoxy) is 1. The van der Waals surface area contributed by atoms with Gasteiger partial charge in [-0.05, 0) is 35.9 Å². The molecule has 0 fully saturated rings. The van der Waals surface area contributed by atoms with E-state index in [9.17, 15) is 5.11 Å². The maximum atomic E-state index is 9.86. The van der Waals surface area contributed by atoms with Crippen molar-refractivity contribution < 1.29 is 9.84 Å². The Kier molecular flexibility index (Phi) is 4.11. The van der Waals surface area contributed by atoms with Crippen molar-refractivity contribution in [3.63, 3.8) is 0 Å². The van der Waals surface area contributed by atoms with Crippen molar-refractivity contribution in [2.75, 3.05) is 7.11 Å². The molecule has 0 saturated heterocycles. The van der Waals surface area contributed by atoms with Crippen molar-refractivity contribution in [2.45, 2.75) is 0 Å². The Balaban J connectivity index is 1.94. The minimum absolute atomic E-state index is 0.108. The van der Waals surface area contributed by atoms with Crippen LogP contribution in [0.2, 0.25) is 0 Å². The summed E-state index contributed by atoms with van der Waals surface area (Å²) < 4.78 is 5.92. The van der Waals surface area contributed by atoms with E-state index in [0.717, 1.165) is 26.6 Å². The number of hydrogen-bond acceptors (Lipinski definition) is 3. The number of halogens is 1. The highest BCUT2D eigenvalue weighted by Crippen LogP contribution is 2.33. The molecule has 1 N–H and O–H groups in total. The van der Waals surface area contributed by atoms with Crippen LogP contribution in [-0.2, 0) is 0 Å². The Morgan fingerprint density at radius 1 is 1.09 bits per heavy atom. The van der Waals surface area contributed by atoms with Gasteiger partial charge < -0.3 is 9.84 Å². The topological polar surface area (TPSA) is 42.4 Å². The van der Waals surface area contributed by atoms with Gasteiger partial charge in [-0.15, -0.1) is 0 Å². The predicted molar refractivity (Wildman–Crippen MR) is 93.0 cm³/mol. The fraction of sp³-hybridized carbons (Fsp3) is 0.0556. The number of pyridine rings is 1. The van der Waals surface area contributed by atoms with Gasteiger partial charge in [0.05, 0.1) is 18.3 Å². The molecule has 0 amide bonds. The second-order valence-corrected chi connectivity index (χ2v) is 5.66. The molecule has 3 rings (SSSR count). The molecule has 3 nitrogen and oxygen atoms in total. The molecule has 3 aromatic rings. The summed E-state index contributed by atoms with van der Waals surface area (Å²) >= 11 is 3.47. The number of hydrogen-bond donors (Lipinski definition) is 1. The summed E-state index contributed by atoms with van der Waals surface area (Å²) in [7, 11) is 1.52. The Bertz CT molecular complexity index is 859. The minimum atomic E-state index is 0.108. The normalized spacial score (nSPS) is 11.2. The zero-order chi connectivity index (χ0) is 15.5. The molecule has 1 heterocycles. The molecule has 0 aliphatic carbocycles. The number of aromatic hydroxyl groups is 1. The number of methoxy groups -OCH3 is 1. The van der Waals surface area contributed by atoms with Crippen LogP contribution in [0.1, 0.15) is 11.3 Å². The van der Waals surface area contributed by atoms with Gasteiger partial charge in [0.25, 0.3) is 0 Å². The van der Waals surface area contributed by atoms with Gasteiger partial charge in [-0.2, -0.15) is 0 Å². The van der Waals surface area contributed by atoms with Crippen molar-refractivity contribution in [2.24, 2.45) is 0 Å². The van der Waals surface area contributed by atoms with Crippen LogP contribution in [-0.4, -0.2) is 17.2 Å². The zero-order valence-corrected chi connectivity index (χ0v) is 13.5. The summed E-state index contributed by atoms with van der Waals surface area (Å²) in [6.45, 7) is 0. The van der Waals surface area contributed by atoms with Gasteiger partial charge in [-0.3, -0.25) is 0 Å². The molecule has 0 atom stereocenters. The molecule has 22 heavy (non-hydrogen) atoms. The van der Waals surface area contributed by atoms with Crippen molar-refractivity contribution in [1.29, 1.82) is 0 Å². The first kappa shape index (κ1) is 14.6. The van der Waals surface area contributed by atoms with Crippen LogP contribution in [0.3, 0.4) is 0 Å². The number of rotatable bonds is 3. The second-order valence-electron chi connectivity index (χ2n) is 4.81. The highest BCUT2D eigenvalue weighted by molar-refractivity contribution is 9.10. The van der Waals surface area contributed by atoms with E-state index < -0.39 is 0 Å². The third-order valence-corrected chi connectivity index (χ3v) is 4.04. The van der Waals surface area contributed by atoms with E-state index >= 15 is 0 Å². The van der Waals surface area contributed by atoms with Crippen LogP contribution >= 0.6 is 15.9 Å². The van der Waals surface area contributed by atoms with Gasteiger partial charge in [0.1, 0.15) is 0 Å². The molecule has 0 saturated carbocycles. The van der Waals surface area contributed by atoms with Gasteiger partial charge >= 0.3 is 0 Å². The van der Waals surface area contributed by atoms with Crippen LogP contribution in [0.4, 0.5) is 0 Å². The molecule has 0 bridgehead atoms. The first-order valence-electron chi connectivity index (χ1n) is 6.78. The lowest BCUT2D eigenvalue weighted by Gasteiger charge is -2.06. The Morgan fingerprint density at radius 2 is 1.91 bits per heavy atom. The number of nitrogens with zero attached hydrogens (tertiary/aromatic N) is 1. The van der Waals surface area contributed by atoms with E-state index in [1.54, 1.807) is 12.1 Å². The number of phenolic OH excluding ortho intramolecular Hbond substituents is 1. The molecule has 0 unspecified atom stereocenters. The maximum Gasteiger partial charge on any atom is 0.161 e. The van der Waals surface area contributed by atoms with Crippen LogP contribution in [0.5, 0.6) is 11.5 Å². The summed E-state index contributed by atoms with van der Waals surface area (Å²) in [5.74, 6) is 0.546. The van der Waals surface area contributed by atoms with Crippen molar-refractivity contribution >= 4 is 39.0 Å². The average molecular weight is 356 g/mol. The van der Waals surface area contributed by atoms with Crippen LogP contribution < -0.4 is 4.74 Å². The predicted octanol–water partition coefficient (Wildman–Crippen LogP) is 4.88. The molecule has 2 aromatic carbocycles. The van der Waals surface area contributed by atoms with E-state index in [2.05, 4.69) is 20.9 Å². The van der Waals surface area contributed by atoms with E-state index in [0.29, 0.717) is 5.75 Å². The molecule has 1 aromatic heterocycles. The van der Waals surface area contributed by atoms with E-state index in [4.69, 9.17) is 4.74 Å². The Morgan fingerprint density at radius 3 is 2.73 bits per heavy atom. The van der Waals surface area contributed by atoms with E-state index in [-0.39, 0.29) is 5.75 Å². The third kappa shape index (κ3) is 2.97. The maximum absolute atomic E-state index is 9.86. The van der Waals surface area contributed by atoms with E-state index in [1.165, 1.54) is 7.11 Å². The van der Waals surface area contributed by atoms with Gasteiger partial charge in [-0.1, -0.05) is 46.3 Å². The monoisotopic (exact) mass is 355 g/mol. The third-order valence-electron chi connectivity index (χ3n) is 3.35. The molecule has 0 spiro atoms. The summed E-state index contributed by atoms with van der Waals surface area (Å²) in [6.07, 6.45) is 3.82. The van der Waals surface area contributed by atoms with Crippen LogP contribution in [0, 0.1) is 0 Å². The van der Waals surface area contributed by atoms with Gasteiger partial charge in [-0.25, -0.2) is 4.98 Å². The van der Waals surface area contributed by atoms with Gasteiger partial charge in [0.15, 0.2) is 11.5 Å². The largest absolute Gasteiger partial charge is 0.504 e. The summed E-state index contributed by atoms with van der Waals surface area (Å²) in [6, 6.07) is 15.4. The minimum Gasteiger partial charge on any atom is -0.504 e. The molecule has 4 heteroatoms. The van der Waals surface area contributed by atoms with Crippen molar-refractivity contribution in [3.05, 3.63) is 64.3 Å². The molecule has 0 radical (unpaired) electrons. The fourth-order valence-electron chi connectivity index (χ4n) is 2.20. The molecule has 0 aliphatic heterocycles. The summed E-state index contributed by atoms with van der Waals surface area (Å²) in [5, 5.41) is 11.0. The summed E-state index contributed by atoms with van der Waals surface area (Å²) in [4.78, 5) is 4.59. The average Bonchev–Trinajstić information content (AvgIpc) is 2.55. The van der Waals surface area contributed by atoms with Crippen LogP contribution in [0.25, 0.3) is 23.1 Å². The van der Waals surface area contributed by atoms with Gasteiger partial charge in [0, 0.05) is 9.86 Å². The van der Waals surface area contributed by atoms with Crippen molar-refractivity contribution in [3.8, 4) is 11.5 Å². The quantitative estimate of drug-likeness (QED) is 0.727. The van der Waals surface area contributed by atoms with Crippen molar-refractivity contribution in [1.82, 2.24) is 4.98 Å². The number of phenols is 1. The molecule has 110 valence electrons. The number of aromatic nitrogens is 1. The molecule has 0 aliphatic rings. The highest BCUT2D eigenvalue weighted by atomic mass is 79.9. The first-order valence-corrected chi connectivity index (χ1v) is 7.57. The van der Waals surface area contributed by atoms with E-state index in [1.807, 2.05) is 48.6 Å².